The van der Waals surface area contributed by atoms with Crippen LogP contribution in [0.25, 0.3) is 0 Å². The average Bonchev–Trinajstić information content (AvgIpc) is 2.64. The first-order valence-electron chi connectivity index (χ1n) is 5.76. The first kappa shape index (κ1) is 11.5. The van der Waals surface area contributed by atoms with E-state index in [9.17, 15) is 4.79 Å². The predicted molar refractivity (Wildman–Crippen MR) is 64.4 cm³/mol. The number of nitrogens with one attached hydrogen (secondary N) is 1. The van der Waals surface area contributed by atoms with Crippen molar-refractivity contribution in [3.05, 3.63) is 12.4 Å². The fourth-order valence-electron chi connectivity index (χ4n) is 1.81. The molecule has 2 heterocycles. The normalized spacial score (nSPS) is 21.6. The van der Waals surface area contributed by atoms with Crippen LogP contribution in [-0.2, 0) is 11.3 Å². The Morgan fingerprint density at radius 3 is 3.31 bits per heavy atom. The number of carbonyl (C=O) groups excluding carboxylic acids is 1. The van der Waals surface area contributed by atoms with Gasteiger partial charge >= 0.3 is 0 Å². The van der Waals surface area contributed by atoms with Crippen molar-refractivity contribution in [3.8, 4) is 0 Å². The minimum Gasteiger partial charge on any atom is -0.355 e. The molecule has 0 radical (unpaired) electrons. The first-order chi connectivity index (χ1) is 7.81. The van der Waals surface area contributed by atoms with Crippen molar-refractivity contribution in [1.82, 2.24) is 14.9 Å². The number of nitrogens with zero attached hydrogens (tertiary/aromatic N) is 2. The van der Waals surface area contributed by atoms with E-state index in [2.05, 4.69) is 21.8 Å². The van der Waals surface area contributed by atoms with E-state index in [-0.39, 0.29) is 11.2 Å². The highest BCUT2D eigenvalue weighted by molar-refractivity contribution is 8.00. The van der Waals surface area contributed by atoms with E-state index in [1.807, 2.05) is 6.20 Å². The number of aromatic nitrogens is 2. The van der Waals surface area contributed by atoms with Gasteiger partial charge in [-0.1, -0.05) is 18.2 Å². The molecule has 5 heteroatoms. The number of hydrogen-bond donors (Lipinski definition) is 1. The van der Waals surface area contributed by atoms with Gasteiger partial charge in [0, 0.05) is 25.5 Å². The minimum atomic E-state index is 0.0233. The van der Waals surface area contributed by atoms with E-state index in [0.29, 0.717) is 0 Å². The number of thioether (sulfide) groups is 1. The van der Waals surface area contributed by atoms with Crippen LogP contribution in [0.4, 0.5) is 0 Å². The second kappa shape index (κ2) is 5.39. The topological polar surface area (TPSA) is 46.9 Å². The van der Waals surface area contributed by atoms with Crippen LogP contribution in [0.3, 0.4) is 0 Å². The van der Waals surface area contributed by atoms with Gasteiger partial charge in [-0.25, -0.2) is 4.98 Å². The summed E-state index contributed by atoms with van der Waals surface area (Å²) in [6.45, 7) is 3.80. The number of hydrogen-bond acceptors (Lipinski definition) is 3. The van der Waals surface area contributed by atoms with Crippen LogP contribution in [0.2, 0.25) is 0 Å². The van der Waals surface area contributed by atoms with Gasteiger partial charge in [-0.15, -0.1) is 0 Å². The lowest BCUT2D eigenvalue weighted by Crippen LogP contribution is -2.30. The Balaban J connectivity index is 2.04. The molecule has 1 aromatic heterocycles. The molecule has 1 atom stereocenters. The Kier molecular flexibility index (Phi) is 3.88. The number of carbonyl (C=O) groups is 1. The van der Waals surface area contributed by atoms with Gasteiger partial charge in [-0.3, -0.25) is 4.79 Å². The van der Waals surface area contributed by atoms with Crippen molar-refractivity contribution in [2.24, 2.45) is 0 Å². The third-order valence-electron chi connectivity index (χ3n) is 2.75. The molecule has 1 amide bonds. The summed E-state index contributed by atoms with van der Waals surface area (Å²) in [4.78, 5) is 16.1. The van der Waals surface area contributed by atoms with E-state index in [1.54, 1.807) is 18.0 Å². The largest absolute Gasteiger partial charge is 0.355 e. The average molecular weight is 239 g/mol. The molecular formula is C11H17N3OS. The standard InChI is InChI=1S/C11H17N3OS/c1-2-14-8-7-13-11(14)16-9-5-3-4-6-12-10(9)15/h7-9H,2-6H2,1H3,(H,12,15)/t9-/m0/s1. The van der Waals surface area contributed by atoms with Gasteiger partial charge in [-0.05, 0) is 19.8 Å². The van der Waals surface area contributed by atoms with Crippen molar-refractivity contribution in [3.63, 3.8) is 0 Å². The van der Waals surface area contributed by atoms with Crippen LogP contribution < -0.4 is 5.32 Å². The molecule has 0 unspecified atom stereocenters. The van der Waals surface area contributed by atoms with E-state index < -0.39 is 0 Å². The Bertz CT molecular complexity index is 364. The molecule has 0 bridgehead atoms. The van der Waals surface area contributed by atoms with Crippen LogP contribution in [0, 0.1) is 0 Å². The Labute approximate surface area is 99.8 Å². The summed E-state index contributed by atoms with van der Waals surface area (Å²) >= 11 is 1.58. The summed E-state index contributed by atoms with van der Waals surface area (Å²) in [5, 5.41) is 3.92. The highest BCUT2D eigenvalue weighted by Crippen LogP contribution is 2.26. The maximum atomic E-state index is 11.8. The minimum absolute atomic E-state index is 0.0233. The molecule has 1 aliphatic heterocycles. The zero-order chi connectivity index (χ0) is 11.4. The zero-order valence-electron chi connectivity index (χ0n) is 9.48. The third-order valence-corrected chi connectivity index (χ3v) is 4.04. The smallest absolute Gasteiger partial charge is 0.233 e. The van der Waals surface area contributed by atoms with E-state index in [0.717, 1.165) is 37.5 Å². The van der Waals surface area contributed by atoms with Gasteiger partial charge in [0.25, 0.3) is 0 Å². The SMILES string of the molecule is CCn1ccnc1S[C@H]1CCCCNC1=O. The molecular weight excluding hydrogens is 222 g/mol. The fraction of sp³-hybridized carbons (Fsp3) is 0.636. The second-order valence-electron chi connectivity index (χ2n) is 3.89. The summed E-state index contributed by atoms with van der Waals surface area (Å²) in [5.74, 6) is 0.160. The molecule has 1 aromatic rings. The van der Waals surface area contributed by atoms with Gasteiger partial charge in [0.05, 0.1) is 5.25 Å². The molecule has 1 fully saturated rings. The lowest BCUT2D eigenvalue weighted by molar-refractivity contribution is -0.120. The maximum Gasteiger partial charge on any atom is 0.233 e. The van der Waals surface area contributed by atoms with Crippen LogP contribution in [0.5, 0.6) is 0 Å². The van der Waals surface area contributed by atoms with Gasteiger partial charge < -0.3 is 9.88 Å². The van der Waals surface area contributed by atoms with Gasteiger partial charge in [0.2, 0.25) is 5.91 Å². The predicted octanol–water partition coefficient (Wildman–Crippen LogP) is 1.66. The number of amides is 1. The molecule has 16 heavy (non-hydrogen) atoms. The van der Waals surface area contributed by atoms with Crippen LogP contribution in [0.15, 0.2) is 17.6 Å². The second-order valence-corrected chi connectivity index (χ2v) is 5.06. The van der Waals surface area contributed by atoms with Crippen molar-refractivity contribution >= 4 is 17.7 Å². The molecule has 0 spiro atoms. The van der Waals surface area contributed by atoms with E-state index >= 15 is 0 Å². The molecule has 1 N–H and O–H groups in total. The Hall–Kier alpha value is -0.970. The van der Waals surface area contributed by atoms with E-state index in [4.69, 9.17) is 0 Å². The van der Waals surface area contributed by atoms with Crippen LogP contribution in [0.1, 0.15) is 26.2 Å². The van der Waals surface area contributed by atoms with Gasteiger partial charge in [-0.2, -0.15) is 0 Å². The molecule has 4 nitrogen and oxygen atoms in total. The highest BCUT2D eigenvalue weighted by atomic mass is 32.2. The molecule has 0 aromatic carbocycles. The molecule has 0 aliphatic carbocycles. The van der Waals surface area contributed by atoms with Crippen molar-refractivity contribution < 1.29 is 4.79 Å². The van der Waals surface area contributed by atoms with Gasteiger partial charge in [0.15, 0.2) is 5.16 Å². The summed E-state index contributed by atoms with van der Waals surface area (Å²) in [5.41, 5.74) is 0. The van der Waals surface area contributed by atoms with Crippen molar-refractivity contribution in [1.29, 1.82) is 0 Å². The number of rotatable bonds is 3. The number of imidazole rings is 1. The fourth-order valence-corrected chi connectivity index (χ4v) is 2.98. The summed E-state index contributed by atoms with van der Waals surface area (Å²) in [7, 11) is 0. The van der Waals surface area contributed by atoms with Crippen LogP contribution in [-0.4, -0.2) is 27.3 Å². The highest BCUT2D eigenvalue weighted by Gasteiger charge is 2.23. The third kappa shape index (κ3) is 2.58. The van der Waals surface area contributed by atoms with Gasteiger partial charge in [0.1, 0.15) is 0 Å². The molecule has 0 saturated carbocycles. The molecule has 1 aliphatic rings. The summed E-state index contributed by atoms with van der Waals surface area (Å²) in [6.07, 6.45) is 6.90. The Morgan fingerprint density at radius 2 is 2.50 bits per heavy atom. The monoisotopic (exact) mass is 239 g/mol. The Morgan fingerprint density at radius 1 is 1.62 bits per heavy atom. The van der Waals surface area contributed by atoms with Crippen molar-refractivity contribution in [2.75, 3.05) is 6.54 Å². The quantitative estimate of drug-likeness (QED) is 0.872. The number of aryl methyl sites for hydroxylation is 1. The molecule has 2 rings (SSSR count). The molecule has 1 saturated heterocycles. The molecule has 88 valence electrons. The van der Waals surface area contributed by atoms with E-state index in [1.165, 1.54) is 0 Å². The first-order valence-corrected chi connectivity index (χ1v) is 6.64. The zero-order valence-corrected chi connectivity index (χ0v) is 10.3. The van der Waals surface area contributed by atoms with Crippen molar-refractivity contribution in [2.45, 2.75) is 43.1 Å². The lowest BCUT2D eigenvalue weighted by Gasteiger charge is -2.12. The van der Waals surface area contributed by atoms with Crippen LogP contribution >= 0.6 is 11.8 Å². The summed E-state index contributed by atoms with van der Waals surface area (Å²) < 4.78 is 2.07. The lowest BCUT2D eigenvalue weighted by atomic mass is 10.2. The maximum absolute atomic E-state index is 11.8. The summed E-state index contributed by atoms with van der Waals surface area (Å²) in [6, 6.07) is 0.